The monoisotopic (exact) mass is 287 g/mol. The first kappa shape index (κ1) is 15.3. The molecule has 1 saturated carbocycles. The summed E-state index contributed by atoms with van der Waals surface area (Å²) < 4.78 is 2.32. The molecule has 0 spiro atoms. The number of benzene rings is 1. The van der Waals surface area contributed by atoms with E-state index in [4.69, 9.17) is 5.73 Å². The molecule has 1 aliphatic carbocycles. The Labute approximate surface area is 120 Å². The molecule has 3 nitrogen and oxygen atoms in total. The lowest BCUT2D eigenvalue weighted by atomic mass is 9.91. The van der Waals surface area contributed by atoms with E-state index >= 15 is 0 Å². The predicted molar refractivity (Wildman–Crippen MR) is 79.7 cm³/mol. The van der Waals surface area contributed by atoms with Gasteiger partial charge >= 0.3 is 0 Å². The summed E-state index contributed by atoms with van der Waals surface area (Å²) in [6.07, 6.45) is 6.61. The van der Waals surface area contributed by atoms with Crippen molar-refractivity contribution in [3.63, 3.8) is 0 Å². The molecule has 0 bridgehead atoms. The minimum atomic E-state index is 0. The van der Waals surface area contributed by atoms with Crippen LogP contribution in [0.15, 0.2) is 30.6 Å². The summed E-state index contributed by atoms with van der Waals surface area (Å²) in [6.45, 7) is 0. The molecule has 0 radical (unpaired) electrons. The first-order valence-corrected chi connectivity index (χ1v) is 6.02. The zero-order chi connectivity index (χ0) is 11.0. The summed E-state index contributed by atoms with van der Waals surface area (Å²) in [7, 11) is 0. The molecule has 100 valence electrons. The van der Waals surface area contributed by atoms with Crippen LogP contribution in [0.5, 0.6) is 0 Å². The second kappa shape index (κ2) is 6.41. The van der Waals surface area contributed by atoms with Gasteiger partial charge in [0.1, 0.15) is 0 Å². The number of hydrogen-bond acceptors (Lipinski definition) is 2. The summed E-state index contributed by atoms with van der Waals surface area (Å²) in [4.78, 5) is 4.44. The van der Waals surface area contributed by atoms with Crippen molar-refractivity contribution in [1.29, 1.82) is 0 Å². The van der Waals surface area contributed by atoms with E-state index in [0.717, 1.165) is 18.4 Å². The zero-order valence-electron chi connectivity index (χ0n) is 10.2. The van der Waals surface area contributed by atoms with Crippen LogP contribution in [0.2, 0.25) is 0 Å². The van der Waals surface area contributed by atoms with Crippen LogP contribution in [0.25, 0.3) is 11.0 Å². The zero-order valence-corrected chi connectivity index (χ0v) is 11.8. The van der Waals surface area contributed by atoms with Gasteiger partial charge in [0.25, 0.3) is 0 Å². The maximum absolute atomic E-state index is 5.94. The summed E-state index contributed by atoms with van der Waals surface area (Å²) in [5.74, 6) is 0. The van der Waals surface area contributed by atoms with Crippen LogP contribution in [0.3, 0.4) is 0 Å². The summed E-state index contributed by atoms with van der Waals surface area (Å²) in [5, 5.41) is 0. The van der Waals surface area contributed by atoms with Crippen LogP contribution in [0.1, 0.15) is 31.7 Å². The van der Waals surface area contributed by atoms with E-state index in [-0.39, 0.29) is 24.8 Å². The van der Waals surface area contributed by atoms with Crippen molar-refractivity contribution >= 4 is 35.8 Å². The van der Waals surface area contributed by atoms with Gasteiger partial charge in [-0.25, -0.2) is 4.98 Å². The van der Waals surface area contributed by atoms with Crippen molar-refractivity contribution in [3.8, 4) is 0 Å². The summed E-state index contributed by atoms with van der Waals surface area (Å²) in [5.41, 5.74) is 8.29. The van der Waals surface area contributed by atoms with Crippen molar-refractivity contribution in [3.05, 3.63) is 30.6 Å². The Morgan fingerprint density at radius 1 is 1.06 bits per heavy atom. The highest BCUT2D eigenvalue weighted by atomic mass is 35.5. The van der Waals surface area contributed by atoms with Gasteiger partial charge in [0, 0.05) is 12.1 Å². The molecule has 1 aromatic carbocycles. The lowest BCUT2D eigenvalue weighted by Crippen LogP contribution is -2.27. The van der Waals surface area contributed by atoms with Crippen LogP contribution >= 0.6 is 24.8 Å². The molecule has 0 saturated heterocycles. The molecule has 2 aromatic rings. The first-order valence-electron chi connectivity index (χ1n) is 6.02. The van der Waals surface area contributed by atoms with Gasteiger partial charge in [0.2, 0.25) is 0 Å². The Bertz CT molecular complexity index is 490. The number of rotatable bonds is 1. The highest BCUT2D eigenvalue weighted by molar-refractivity contribution is 5.85. The second-order valence-corrected chi connectivity index (χ2v) is 4.71. The predicted octanol–water partition coefficient (Wildman–Crippen LogP) is 3.32. The molecule has 2 N–H and O–H groups in total. The fraction of sp³-hybridized carbons (Fsp3) is 0.462. The Kier molecular flexibility index (Phi) is 5.45. The van der Waals surface area contributed by atoms with Crippen LogP contribution in [-0.4, -0.2) is 15.6 Å². The molecule has 0 atom stereocenters. The van der Waals surface area contributed by atoms with Gasteiger partial charge in [-0.15, -0.1) is 24.8 Å². The number of imidazole rings is 1. The van der Waals surface area contributed by atoms with Gasteiger partial charge in [0.15, 0.2) is 0 Å². The van der Waals surface area contributed by atoms with Gasteiger partial charge in [-0.2, -0.15) is 0 Å². The summed E-state index contributed by atoms with van der Waals surface area (Å²) >= 11 is 0. The third-order valence-electron chi connectivity index (χ3n) is 3.62. The Morgan fingerprint density at radius 2 is 1.72 bits per heavy atom. The van der Waals surface area contributed by atoms with Crippen LogP contribution in [0, 0.1) is 0 Å². The molecule has 0 amide bonds. The van der Waals surface area contributed by atoms with E-state index in [9.17, 15) is 0 Å². The minimum absolute atomic E-state index is 0. The van der Waals surface area contributed by atoms with E-state index in [1.165, 1.54) is 18.4 Å². The first-order chi connectivity index (χ1) is 7.84. The third-order valence-corrected chi connectivity index (χ3v) is 3.62. The van der Waals surface area contributed by atoms with Crippen molar-refractivity contribution in [2.45, 2.75) is 37.8 Å². The molecule has 1 aromatic heterocycles. The number of nitrogens with zero attached hydrogens (tertiary/aromatic N) is 2. The smallest absolute Gasteiger partial charge is 0.0960 e. The molecule has 18 heavy (non-hydrogen) atoms. The van der Waals surface area contributed by atoms with Crippen molar-refractivity contribution in [2.24, 2.45) is 5.73 Å². The quantitative estimate of drug-likeness (QED) is 0.874. The molecule has 1 heterocycles. The van der Waals surface area contributed by atoms with Crippen molar-refractivity contribution < 1.29 is 0 Å². The third kappa shape index (κ3) is 2.79. The van der Waals surface area contributed by atoms with E-state index in [1.54, 1.807) is 0 Å². The van der Waals surface area contributed by atoms with Gasteiger partial charge < -0.3 is 10.3 Å². The summed E-state index contributed by atoms with van der Waals surface area (Å²) in [6, 6.07) is 9.33. The lowest BCUT2D eigenvalue weighted by molar-refractivity contribution is 0.329. The molecule has 5 heteroatoms. The van der Waals surface area contributed by atoms with Crippen LogP contribution in [-0.2, 0) is 0 Å². The van der Waals surface area contributed by atoms with Crippen LogP contribution < -0.4 is 5.73 Å². The van der Waals surface area contributed by atoms with E-state index in [1.807, 2.05) is 12.4 Å². The Balaban J connectivity index is 0.000000810. The number of halogens is 2. The molecular weight excluding hydrogens is 269 g/mol. The second-order valence-electron chi connectivity index (χ2n) is 4.71. The molecule has 1 fully saturated rings. The average molecular weight is 288 g/mol. The number of nitrogens with two attached hydrogens (primary N) is 1. The maximum atomic E-state index is 5.94. The number of hydrogen-bond donors (Lipinski definition) is 1. The average Bonchev–Trinajstić information content (AvgIpc) is 2.74. The van der Waals surface area contributed by atoms with Crippen LogP contribution in [0.4, 0.5) is 0 Å². The molecule has 0 aliphatic heterocycles. The number of para-hydroxylation sites is 2. The topological polar surface area (TPSA) is 43.8 Å². The van der Waals surface area contributed by atoms with E-state index in [2.05, 4.69) is 27.8 Å². The molecular formula is C13H19Cl2N3. The van der Waals surface area contributed by atoms with Gasteiger partial charge in [-0.3, -0.25) is 0 Å². The Morgan fingerprint density at radius 3 is 2.44 bits per heavy atom. The number of aromatic nitrogens is 2. The van der Waals surface area contributed by atoms with Gasteiger partial charge in [0.05, 0.1) is 17.4 Å². The fourth-order valence-corrected chi connectivity index (χ4v) is 2.65. The standard InChI is InChI=1S/C13H17N3.2ClH/c14-10-5-7-11(8-6-10)16-9-15-12-3-1-2-4-13(12)16;;/h1-4,9-11H,5-8,14H2;2*1H. The lowest BCUT2D eigenvalue weighted by Gasteiger charge is -2.27. The normalized spacial score (nSPS) is 23.2. The SMILES string of the molecule is Cl.Cl.NC1CCC(n2cnc3ccccc32)CC1. The van der Waals surface area contributed by atoms with Crippen molar-refractivity contribution in [1.82, 2.24) is 9.55 Å². The largest absolute Gasteiger partial charge is 0.328 e. The van der Waals surface area contributed by atoms with E-state index in [0.29, 0.717) is 12.1 Å². The van der Waals surface area contributed by atoms with Crippen molar-refractivity contribution in [2.75, 3.05) is 0 Å². The highest BCUT2D eigenvalue weighted by Crippen LogP contribution is 2.30. The highest BCUT2D eigenvalue weighted by Gasteiger charge is 2.20. The van der Waals surface area contributed by atoms with Gasteiger partial charge in [-0.1, -0.05) is 12.1 Å². The molecule has 0 unspecified atom stereocenters. The minimum Gasteiger partial charge on any atom is -0.328 e. The fourth-order valence-electron chi connectivity index (χ4n) is 2.65. The number of fused-ring (bicyclic) bond motifs is 1. The van der Waals surface area contributed by atoms with E-state index < -0.39 is 0 Å². The van der Waals surface area contributed by atoms with Gasteiger partial charge in [-0.05, 0) is 37.8 Å². The molecule has 1 aliphatic rings. The Hall–Kier alpha value is -0.770. The molecule has 3 rings (SSSR count). The maximum Gasteiger partial charge on any atom is 0.0960 e.